The van der Waals surface area contributed by atoms with Crippen molar-refractivity contribution in [2.75, 3.05) is 6.61 Å². The van der Waals surface area contributed by atoms with Crippen LogP contribution in [0.4, 0.5) is 0 Å². The molecule has 0 saturated heterocycles. The van der Waals surface area contributed by atoms with E-state index in [4.69, 9.17) is 5.11 Å². The summed E-state index contributed by atoms with van der Waals surface area (Å²) in [6, 6.07) is 0. The molecular formula is C10H18O2. The lowest BCUT2D eigenvalue weighted by atomic mass is 9.99. The molecule has 2 heteroatoms. The fraction of sp³-hybridized carbons (Fsp3) is 0.600. The van der Waals surface area contributed by atoms with E-state index in [0.717, 1.165) is 5.57 Å². The van der Waals surface area contributed by atoms with E-state index < -0.39 is 5.60 Å². The maximum atomic E-state index is 9.35. The van der Waals surface area contributed by atoms with Crippen LogP contribution in [0, 0.1) is 5.92 Å². The maximum absolute atomic E-state index is 9.35. The van der Waals surface area contributed by atoms with Crippen molar-refractivity contribution in [2.24, 2.45) is 5.92 Å². The molecule has 0 aromatic rings. The van der Waals surface area contributed by atoms with Crippen LogP contribution in [0.1, 0.15) is 20.8 Å². The Morgan fingerprint density at radius 3 is 2.33 bits per heavy atom. The fourth-order valence-electron chi connectivity index (χ4n) is 0.733. The molecule has 70 valence electrons. The molecule has 0 aliphatic heterocycles. The molecule has 0 fully saturated rings. The Balaban J connectivity index is 4.21. The summed E-state index contributed by atoms with van der Waals surface area (Å²) in [4.78, 5) is 0. The molecule has 0 saturated carbocycles. The Labute approximate surface area is 74.2 Å². The van der Waals surface area contributed by atoms with Gasteiger partial charge in [-0.2, -0.15) is 0 Å². The smallest absolute Gasteiger partial charge is 0.0771 e. The Kier molecular flexibility index (Phi) is 4.21. The van der Waals surface area contributed by atoms with Gasteiger partial charge in [-0.3, -0.25) is 0 Å². The molecule has 1 unspecified atom stereocenters. The fourth-order valence-corrected chi connectivity index (χ4v) is 0.733. The highest BCUT2D eigenvalue weighted by Gasteiger charge is 2.09. The third kappa shape index (κ3) is 5.10. The van der Waals surface area contributed by atoms with Crippen LogP contribution in [0.15, 0.2) is 24.3 Å². The van der Waals surface area contributed by atoms with Gasteiger partial charge >= 0.3 is 0 Å². The van der Waals surface area contributed by atoms with E-state index in [9.17, 15) is 5.11 Å². The average molecular weight is 170 g/mol. The normalized spacial score (nSPS) is 15.1. The molecule has 2 N–H and O–H groups in total. The van der Waals surface area contributed by atoms with Crippen LogP contribution in [0.2, 0.25) is 0 Å². The van der Waals surface area contributed by atoms with E-state index in [1.807, 2.05) is 6.92 Å². The maximum Gasteiger partial charge on any atom is 0.0771 e. The van der Waals surface area contributed by atoms with Gasteiger partial charge in [-0.05, 0) is 20.8 Å². The first-order valence-corrected chi connectivity index (χ1v) is 4.05. The molecule has 0 bridgehead atoms. The monoisotopic (exact) mass is 170 g/mol. The van der Waals surface area contributed by atoms with Crippen molar-refractivity contribution in [1.29, 1.82) is 0 Å². The lowest BCUT2D eigenvalue weighted by molar-refractivity contribution is 0.132. The minimum absolute atomic E-state index is 0.0436. The first-order valence-electron chi connectivity index (χ1n) is 4.05. The van der Waals surface area contributed by atoms with Gasteiger partial charge in [0.1, 0.15) is 0 Å². The quantitative estimate of drug-likeness (QED) is 0.628. The molecule has 0 aromatic heterocycles. The molecule has 0 amide bonds. The topological polar surface area (TPSA) is 40.5 Å². The van der Waals surface area contributed by atoms with E-state index in [1.165, 1.54) is 0 Å². The number of aliphatic hydroxyl groups is 2. The van der Waals surface area contributed by atoms with Crippen LogP contribution in [0.5, 0.6) is 0 Å². The standard InChI is InChI=1S/C10H18O2/c1-8(2)9(7-11)5-6-10(3,4)12/h5-6,9,11-12H,1,7H2,2-4H3/b6-5+. The van der Waals surface area contributed by atoms with Crippen molar-refractivity contribution in [3.8, 4) is 0 Å². The van der Waals surface area contributed by atoms with E-state index in [0.29, 0.717) is 0 Å². The zero-order valence-corrected chi connectivity index (χ0v) is 8.04. The van der Waals surface area contributed by atoms with Crippen LogP contribution in [0.3, 0.4) is 0 Å². The minimum atomic E-state index is -0.817. The van der Waals surface area contributed by atoms with Crippen LogP contribution in [-0.2, 0) is 0 Å². The first kappa shape index (κ1) is 11.4. The summed E-state index contributed by atoms with van der Waals surface area (Å²) < 4.78 is 0. The minimum Gasteiger partial charge on any atom is -0.395 e. The zero-order chi connectivity index (χ0) is 9.78. The largest absolute Gasteiger partial charge is 0.395 e. The average Bonchev–Trinajstić information content (AvgIpc) is 1.85. The van der Waals surface area contributed by atoms with Crippen LogP contribution in [0.25, 0.3) is 0 Å². The third-order valence-electron chi connectivity index (χ3n) is 1.57. The molecule has 0 radical (unpaired) electrons. The molecule has 1 atom stereocenters. The van der Waals surface area contributed by atoms with Gasteiger partial charge in [0, 0.05) is 5.92 Å². The predicted molar refractivity (Wildman–Crippen MR) is 50.8 cm³/mol. The van der Waals surface area contributed by atoms with Gasteiger partial charge in [0.15, 0.2) is 0 Å². The van der Waals surface area contributed by atoms with Gasteiger partial charge in [0.05, 0.1) is 12.2 Å². The summed E-state index contributed by atoms with van der Waals surface area (Å²) in [5.41, 5.74) is 0.0843. The summed E-state index contributed by atoms with van der Waals surface area (Å²) in [5, 5.41) is 18.2. The number of hydrogen-bond donors (Lipinski definition) is 2. The van der Waals surface area contributed by atoms with E-state index in [1.54, 1.807) is 26.0 Å². The highest BCUT2D eigenvalue weighted by Crippen LogP contribution is 2.12. The van der Waals surface area contributed by atoms with Gasteiger partial charge in [-0.15, -0.1) is 0 Å². The van der Waals surface area contributed by atoms with Crippen molar-refractivity contribution in [3.05, 3.63) is 24.3 Å². The van der Waals surface area contributed by atoms with Gasteiger partial charge < -0.3 is 10.2 Å². The SMILES string of the molecule is C=C(C)C(/C=C/C(C)(C)O)CO. The lowest BCUT2D eigenvalue weighted by Crippen LogP contribution is -2.15. The van der Waals surface area contributed by atoms with E-state index in [2.05, 4.69) is 6.58 Å². The Morgan fingerprint density at radius 2 is 2.08 bits per heavy atom. The highest BCUT2D eigenvalue weighted by atomic mass is 16.3. The van der Waals surface area contributed by atoms with Crippen LogP contribution < -0.4 is 0 Å². The zero-order valence-electron chi connectivity index (χ0n) is 8.04. The van der Waals surface area contributed by atoms with Crippen molar-refractivity contribution >= 4 is 0 Å². The Hall–Kier alpha value is -0.600. The molecule has 0 aromatic carbocycles. The summed E-state index contributed by atoms with van der Waals surface area (Å²) >= 11 is 0. The van der Waals surface area contributed by atoms with Crippen molar-refractivity contribution in [1.82, 2.24) is 0 Å². The second kappa shape index (κ2) is 4.43. The molecule has 0 aliphatic carbocycles. The number of hydrogen-bond acceptors (Lipinski definition) is 2. The summed E-state index contributed by atoms with van der Waals surface area (Å²) in [6.07, 6.45) is 3.45. The summed E-state index contributed by atoms with van der Waals surface area (Å²) in [5.74, 6) is -0.0450. The van der Waals surface area contributed by atoms with Crippen molar-refractivity contribution in [3.63, 3.8) is 0 Å². The lowest BCUT2D eigenvalue weighted by Gasteiger charge is -2.13. The van der Waals surface area contributed by atoms with Gasteiger partial charge in [-0.1, -0.05) is 24.3 Å². The molecule has 0 aliphatic rings. The van der Waals surface area contributed by atoms with Crippen molar-refractivity contribution in [2.45, 2.75) is 26.4 Å². The Morgan fingerprint density at radius 1 is 1.58 bits per heavy atom. The number of rotatable bonds is 4. The van der Waals surface area contributed by atoms with Gasteiger partial charge in [0.25, 0.3) is 0 Å². The van der Waals surface area contributed by atoms with Gasteiger partial charge in [0.2, 0.25) is 0 Å². The molecular weight excluding hydrogens is 152 g/mol. The number of aliphatic hydroxyl groups excluding tert-OH is 1. The van der Waals surface area contributed by atoms with Crippen molar-refractivity contribution < 1.29 is 10.2 Å². The first-order chi connectivity index (χ1) is 5.37. The molecule has 0 heterocycles. The Bertz CT molecular complexity index is 175. The third-order valence-corrected chi connectivity index (χ3v) is 1.57. The highest BCUT2D eigenvalue weighted by molar-refractivity contribution is 5.09. The molecule has 2 nitrogen and oxygen atoms in total. The molecule has 12 heavy (non-hydrogen) atoms. The molecule has 0 rings (SSSR count). The van der Waals surface area contributed by atoms with E-state index in [-0.39, 0.29) is 12.5 Å². The van der Waals surface area contributed by atoms with Crippen LogP contribution >= 0.6 is 0 Å². The van der Waals surface area contributed by atoms with Crippen LogP contribution in [-0.4, -0.2) is 22.4 Å². The second-order valence-electron chi connectivity index (χ2n) is 3.65. The summed E-state index contributed by atoms with van der Waals surface area (Å²) in [6.45, 7) is 9.02. The van der Waals surface area contributed by atoms with E-state index >= 15 is 0 Å². The summed E-state index contributed by atoms with van der Waals surface area (Å²) in [7, 11) is 0. The van der Waals surface area contributed by atoms with Gasteiger partial charge in [-0.25, -0.2) is 0 Å². The second-order valence-corrected chi connectivity index (χ2v) is 3.65. The molecule has 0 spiro atoms. The predicted octanol–water partition coefficient (Wildman–Crippen LogP) is 1.50.